The molecule has 0 aliphatic heterocycles. The lowest BCUT2D eigenvalue weighted by Crippen LogP contribution is -2.30. The normalized spacial score (nSPS) is 13.9. The maximum Gasteiger partial charge on any atom is 0.319 e. The summed E-state index contributed by atoms with van der Waals surface area (Å²) in [6.07, 6.45) is 6.24. The number of ether oxygens (including phenoxy) is 1. The van der Waals surface area contributed by atoms with Gasteiger partial charge < -0.3 is 4.74 Å². The molecule has 0 aromatic carbocycles. The topological polar surface area (TPSA) is 26.3 Å². The summed E-state index contributed by atoms with van der Waals surface area (Å²) in [5, 5.41) is -0.131. The van der Waals surface area contributed by atoms with Crippen LogP contribution in [0.15, 0.2) is 0 Å². The summed E-state index contributed by atoms with van der Waals surface area (Å²) in [5.41, 5.74) is -0.465. The molecule has 1 atom stereocenters. The Morgan fingerprint density at radius 2 is 1.70 bits per heavy atom. The lowest BCUT2D eigenvalue weighted by atomic mass is 10.1. The fourth-order valence-corrected chi connectivity index (χ4v) is 3.33. The highest BCUT2D eigenvalue weighted by Crippen LogP contribution is 2.25. The molecule has 0 radical (unpaired) electrons. The molecule has 0 N–H and O–H groups in total. The van der Waals surface area contributed by atoms with Gasteiger partial charge in [-0.25, -0.2) is 8.78 Å². The highest BCUT2D eigenvalue weighted by Gasteiger charge is 2.25. The number of halogens is 2. The first kappa shape index (κ1) is 22.7. The van der Waals surface area contributed by atoms with Crippen LogP contribution in [-0.4, -0.2) is 28.5 Å². The van der Waals surface area contributed by atoms with Crippen LogP contribution < -0.4 is 0 Å². The molecule has 5 heteroatoms. The van der Waals surface area contributed by atoms with Crippen LogP contribution in [0.25, 0.3) is 0 Å². The molecule has 0 aliphatic carbocycles. The van der Waals surface area contributed by atoms with E-state index in [1.54, 1.807) is 11.8 Å². The van der Waals surface area contributed by atoms with Crippen LogP contribution in [-0.2, 0) is 9.53 Å². The molecule has 23 heavy (non-hydrogen) atoms. The maximum absolute atomic E-state index is 12.7. The monoisotopic (exact) mass is 352 g/mol. The molecule has 0 aromatic rings. The molecule has 0 fully saturated rings. The summed E-state index contributed by atoms with van der Waals surface area (Å²) in [6.45, 7) is 8.74. The Kier molecular flexibility index (Phi) is 11.1. The fourth-order valence-electron chi connectivity index (χ4n) is 2.16. The molecular weight excluding hydrogens is 318 g/mol. The molecule has 0 saturated carbocycles. The number of unbranched alkanes of at least 4 members (excludes halogenated alkanes) is 4. The van der Waals surface area contributed by atoms with Gasteiger partial charge in [-0.05, 0) is 52.7 Å². The second-order valence-electron chi connectivity index (χ2n) is 7.27. The second-order valence-corrected chi connectivity index (χ2v) is 8.58. The number of alkyl halides is 2. The predicted octanol–water partition coefficient (Wildman–Crippen LogP) is 6.23. The van der Waals surface area contributed by atoms with Crippen molar-refractivity contribution >= 4 is 17.7 Å². The molecule has 0 bridgehead atoms. The molecule has 0 rings (SSSR count). The van der Waals surface area contributed by atoms with Crippen LogP contribution in [0.1, 0.15) is 86.0 Å². The van der Waals surface area contributed by atoms with Gasteiger partial charge in [-0.1, -0.05) is 32.6 Å². The number of esters is 1. The van der Waals surface area contributed by atoms with Crippen LogP contribution in [0.2, 0.25) is 0 Å². The molecule has 0 aliphatic rings. The second kappa shape index (κ2) is 11.3. The molecule has 0 saturated heterocycles. The average molecular weight is 353 g/mol. The van der Waals surface area contributed by atoms with Crippen molar-refractivity contribution in [1.29, 1.82) is 0 Å². The Bertz CT molecular complexity index is 322. The van der Waals surface area contributed by atoms with Crippen LogP contribution >= 0.6 is 11.8 Å². The van der Waals surface area contributed by atoms with Crippen molar-refractivity contribution in [3.8, 4) is 0 Å². The summed E-state index contributed by atoms with van der Waals surface area (Å²) in [5.74, 6) is -1.88. The average Bonchev–Trinajstić information content (AvgIpc) is 2.37. The van der Waals surface area contributed by atoms with Crippen molar-refractivity contribution in [2.75, 3.05) is 5.75 Å². The van der Waals surface area contributed by atoms with Gasteiger partial charge in [-0.3, -0.25) is 4.79 Å². The first-order chi connectivity index (χ1) is 10.5. The Morgan fingerprint density at radius 1 is 1.04 bits per heavy atom. The van der Waals surface area contributed by atoms with E-state index < -0.39 is 11.5 Å². The molecular formula is C18H34F2O2S. The van der Waals surface area contributed by atoms with Gasteiger partial charge in [0, 0.05) is 6.42 Å². The predicted molar refractivity (Wildman–Crippen MR) is 95.3 cm³/mol. The first-order valence-corrected chi connectivity index (χ1v) is 9.82. The Balaban J connectivity index is 4.13. The van der Waals surface area contributed by atoms with Crippen molar-refractivity contribution in [3.63, 3.8) is 0 Å². The fraction of sp³-hybridized carbons (Fsp3) is 0.944. The van der Waals surface area contributed by atoms with Gasteiger partial charge in [0.05, 0.1) is 0 Å². The van der Waals surface area contributed by atoms with Gasteiger partial charge >= 0.3 is 5.97 Å². The van der Waals surface area contributed by atoms with E-state index in [1.165, 1.54) is 0 Å². The number of thioether (sulfide) groups is 1. The first-order valence-electron chi connectivity index (χ1n) is 8.77. The van der Waals surface area contributed by atoms with Crippen molar-refractivity contribution in [3.05, 3.63) is 0 Å². The minimum absolute atomic E-state index is 0.0519. The quantitative estimate of drug-likeness (QED) is 0.308. The van der Waals surface area contributed by atoms with Crippen molar-refractivity contribution in [2.24, 2.45) is 0 Å². The highest BCUT2D eigenvalue weighted by atomic mass is 32.2. The van der Waals surface area contributed by atoms with Crippen molar-refractivity contribution < 1.29 is 18.3 Å². The van der Waals surface area contributed by atoms with E-state index in [-0.39, 0.29) is 17.6 Å². The number of hydrogen-bond donors (Lipinski definition) is 0. The van der Waals surface area contributed by atoms with Gasteiger partial charge in [0.15, 0.2) is 0 Å². The summed E-state index contributed by atoms with van der Waals surface area (Å²) in [4.78, 5) is 12.3. The van der Waals surface area contributed by atoms with Gasteiger partial charge in [-0.2, -0.15) is 0 Å². The van der Waals surface area contributed by atoms with E-state index in [2.05, 4.69) is 6.92 Å². The minimum Gasteiger partial charge on any atom is -0.459 e. The number of carbonyl (C=O) groups excluding carboxylic acids is 1. The summed E-state index contributed by atoms with van der Waals surface area (Å²) in [7, 11) is 0. The number of carbonyl (C=O) groups is 1. The van der Waals surface area contributed by atoms with Crippen molar-refractivity contribution in [1.82, 2.24) is 0 Å². The van der Waals surface area contributed by atoms with E-state index in [0.29, 0.717) is 6.42 Å². The van der Waals surface area contributed by atoms with E-state index in [0.717, 1.165) is 51.2 Å². The van der Waals surface area contributed by atoms with Crippen LogP contribution in [0.3, 0.4) is 0 Å². The zero-order valence-corrected chi connectivity index (χ0v) is 16.2. The lowest BCUT2D eigenvalue weighted by Gasteiger charge is -2.23. The highest BCUT2D eigenvalue weighted by molar-refractivity contribution is 8.00. The van der Waals surface area contributed by atoms with Crippen LogP contribution in [0, 0.1) is 0 Å². The third-order valence-electron chi connectivity index (χ3n) is 3.32. The minimum atomic E-state index is -2.56. The molecule has 0 heterocycles. The van der Waals surface area contributed by atoms with Crippen molar-refractivity contribution in [2.45, 2.75) is 103 Å². The molecule has 138 valence electrons. The lowest BCUT2D eigenvalue weighted by molar-refractivity contribution is -0.154. The Labute approximate surface area is 145 Å². The third-order valence-corrected chi connectivity index (χ3v) is 4.67. The smallest absolute Gasteiger partial charge is 0.319 e. The largest absolute Gasteiger partial charge is 0.459 e. The summed E-state index contributed by atoms with van der Waals surface area (Å²) in [6, 6.07) is 0. The zero-order chi connectivity index (χ0) is 17.9. The SMILES string of the molecule is CCCCCC(SCCCCCC(C)(F)F)C(=O)OC(C)(C)C. The van der Waals surface area contributed by atoms with E-state index in [1.807, 2.05) is 20.8 Å². The number of rotatable bonds is 12. The van der Waals surface area contributed by atoms with E-state index >= 15 is 0 Å². The standard InChI is InChI=1S/C18H34F2O2S/c1-6-7-9-12-15(16(21)22-17(2,3)4)23-14-11-8-10-13-18(5,19)20/h15H,6-14H2,1-5H3. The zero-order valence-electron chi connectivity index (χ0n) is 15.4. The molecule has 2 nitrogen and oxygen atoms in total. The Hall–Kier alpha value is -0.320. The molecule has 0 aromatic heterocycles. The van der Waals surface area contributed by atoms with Crippen LogP contribution in [0.5, 0.6) is 0 Å². The van der Waals surface area contributed by atoms with Gasteiger partial charge in [-0.15, -0.1) is 11.8 Å². The van der Waals surface area contributed by atoms with Crippen LogP contribution in [0.4, 0.5) is 8.78 Å². The molecule has 1 unspecified atom stereocenters. The van der Waals surface area contributed by atoms with E-state index in [9.17, 15) is 13.6 Å². The summed E-state index contributed by atoms with van der Waals surface area (Å²) < 4.78 is 31.0. The van der Waals surface area contributed by atoms with Gasteiger partial charge in [0.1, 0.15) is 10.9 Å². The number of hydrogen-bond acceptors (Lipinski definition) is 3. The Morgan fingerprint density at radius 3 is 2.22 bits per heavy atom. The van der Waals surface area contributed by atoms with Gasteiger partial charge in [0.25, 0.3) is 0 Å². The molecule has 0 spiro atoms. The summed E-state index contributed by atoms with van der Waals surface area (Å²) >= 11 is 1.62. The molecule has 0 amide bonds. The van der Waals surface area contributed by atoms with Gasteiger partial charge in [0.2, 0.25) is 5.92 Å². The third kappa shape index (κ3) is 15.0. The van der Waals surface area contributed by atoms with E-state index in [4.69, 9.17) is 4.74 Å². The maximum atomic E-state index is 12.7.